The number of rotatable bonds is 7. The summed E-state index contributed by atoms with van der Waals surface area (Å²) in [4.78, 5) is 57.8. The molecule has 0 aliphatic heterocycles. The van der Waals surface area contributed by atoms with Gasteiger partial charge in [-0.1, -0.05) is 46.4 Å². The third-order valence-corrected chi connectivity index (χ3v) is 6.81. The number of amides is 4. The Morgan fingerprint density at radius 1 is 0.592 bits per heavy atom. The maximum atomic E-state index is 12.5. The second-order valence-corrected chi connectivity index (χ2v) is 11.2. The van der Waals surface area contributed by atoms with Gasteiger partial charge in [0.05, 0.1) is 32.5 Å². The van der Waals surface area contributed by atoms with Crippen LogP contribution in [0, 0.1) is 0 Å². The van der Waals surface area contributed by atoms with Crippen LogP contribution in [0.4, 0.5) is 22.7 Å². The van der Waals surface area contributed by atoms with Crippen LogP contribution in [0.15, 0.2) is 72.8 Å². The molecule has 49 heavy (non-hydrogen) atoms. The van der Waals surface area contributed by atoms with E-state index in [1.54, 1.807) is 24.3 Å². The van der Waals surface area contributed by atoms with E-state index < -0.39 is 17.8 Å². The van der Waals surface area contributed by atoms with Gasteiger partial charge in [0.1, 0.15) is 11.5 Å². The summed E-state index contributed by atoms with van der Waals surface area (Å²) in [7, 11) is 0. The number of halogens is 4. The van der Waals surface area contributed by atoms with E-state index in [0.29, 0.717) is 32.8 Å². The number of hydrogen-bond acceptors (Lipinski definition) is 8. The number of ether oxygens (including phenoxy) is 1. The first kappa shape index (κ1) is 42.8. The smallest absolute Gasteiger partial charge is 0.870 e. The predicted octanol–water partition coefficient (Wildman–Crippen LogP) is 4.87. The molecule has 4 aromatic rings. The third kappa shape index (κ3) is 13.3. The minimum atomic E-state index is -0.561. The Labute approximate surface area is 312 Å². The third-order valence-electron chi connectivity index (χ3n) is 5.72. The van der Waals surface area contributed by atoms with Crippen LogP contribution in [0.1, 0.15) is 41.5 Å². The van der Waals surface area contributed by atoms with Crippen molar-refractivity contribution in [3.63, 3.8) is 0 Å². The van der Waals surface area contributed by atoms with Crippen LogP contribution in [0.5, 0.6) is 11.5 Å². The number of esters is 1. The van der Waals surface area contributed by atoms with E-state index in [-0.39, 0.29) is 68.8 Å². The van der Waals surface area contributed by atoms with Gasteiger partial charge in [-0.15, -0.1) is 0 Å². The zero-order chi connectivity index (χ0) is 34.8. The number of carbonyl (C=O) groups excluding carboxylic acids is 5. The van der Waals surface area contributed by atoms with Gasteiger partial charge in [0.15, 0.2) is 0 Å². The molecule has 0 unspecified atom stereocenters. The molecule has 0 aliphatic rings. The van der Waals surface area contributed by atoms with E-state index in [1.807, 2.05) is 0 Å². The number of aromatic hydroxyl groups is 1. The molecule has 0 saturated carbocycles. The topological polar surface area (TPSA) is 193 Å². The first-order chi connectivity index (χ1) is 22.1. The Morgan fingerprint density at radius 3 is 1.45 bits per heavy atom. The van der Waals surface area contributed by atoms with E-state index in [4.69, 9.17) is 51.1 Å². The van der Waals surface area contributed by atoms with Crippen LogP contribution in [-0.2, 0) is 14.4 Å². The average Bonchev–Trinajstić information content (AvgIpc) is 2.97. The number of carbonyl (C=O) groups is 5. The van der Waals surface area contributed by atoms with Crippen molar-refractivity contribution in [3.8, 4) is 11.5 Å². The number of phenols is 1. The summed E-state index contributed by atoms with van der Waals surface area (Å²) in [5, 5.41) is 21.2. The van der Waals surface area contributed by atoms with Gasteiger partial charge in [-0.2, -0.15) is 0 Å². The Kier molecular flexibility index (Phi) is 17.2. The summed E-state index contributed by atoms with van der Waals surface area (Å²) >= 11 is 23.9. The van der Waals surface area contributed by atoms with E-state index >= 15 is 0 Å². The molecule has 252 valence electrons. The van der Waals surface area contributed by atoms with Crippen LogP contribution >= 0.6 is 46.4 Å². The molecule has 0 bridgehead atoms. The van der Waals surface area contributed by atoms with Crippen LogP contribution < -0.4 is 44.9 Å². The largest absolute Gasteiger partial charge is 1.00 e. The van der Waals surface area contributed by atoms with Crippen molar-refractivity contribution in [3.05, 3.63) is 104 Å². The van der Waals surface area contributed by atoms with Gasteiger partial charge in [-0.25, -0.2) is 0 Å². The van der Waals surface area contributed by atoms with Crippen molar-refractivity contribution < 1.29 is 58.2 Å². The summed E-state index contributed by atoms with van der Waals surface area (Å²) in [5.74, 6) is -2.22. The summed E-state index contributed by atoms with van der Waals surface area (Å²) in [6.07, 6.45) is 0. The molecule has 17 heteroatoms. The molecule has 0 saturated heterocycles. The quantitative estimate of drug-likeness (QED) is 0.101. The Bertz CT molecular complexity index is 1880. The maximum Gasteiger partial charge on any atom is 1.00 e. The second-order valence-electron chi connectivity index (χ2n) is 9.56. The molecule has 0 aromatic heterocycles. The van der Waals surface area contributed by atoms with Gasteiger partial charge >= 0.3 is 24.8 Å². The fraction of sp³-hybridized carbons (Fsp3) is 0.0938. The summed E-state index contributed by atoms with van der Waals surface area (Å²) in [5.41, 5.74) is 1.81. The number of hydrogen-bond donors (Lipinski definition) is 5. The molecule has 0 spiro atoms. The van der Waals surface area contributed by atoms with Crippen molar-refractivity contribution in [1.82, 2.24) is 0 Å². The molecule has 4 amide bonds. The molecule has 0 radical (unpaired) electrons. The van der Waals surface area contributed by atoms with Crippen molar-refractivity contribution in [2.24, 2.45) is 0 Å². The molecular formula is C32H27Cl4LiN4O8. The van der Waals surface area contributed by atoms with Crippen LogP contribution in [0.3, 0.4) is 0 Å². The molecule has 12 nitrogen and oxygen atoms in total. The molecule has 4 rings (SSSR count). The maximum absolute atomic E-state index is 12.5. The SMILES string of the molecule is CC(=O)Nc1ccc(NC(=O)c2cc(Cl)ccc2O)c(Cl)c1.CC(=O)Nc1ccc(NC(=O)c2cc(Cl)ccc2OC(C)=O)c(Cl)c1.[Li+].[OH-]. The number of benzene rings is 4. The summed E-state index contributed by atoms with van der Waals surface area (Å²) in [6.45, 7) is 3.98. The first-order valence-corrected chi connectivity index (χ1v) is 14.9. The Hall–Kier alpha value is -4.25. The monoisotopic (exact) mass is 742 g/mol. The van der Waals surface area contributed by atoms with Crippen molar-refractivity contribution in [2.45, 2.75) is 20.8 Å². The number of phenolic OH excluding ortho intramolecular Hbond substituents is 1. The van der Waals surface area contributed by atoms with Crippen LogP contribution in [-0.4, -0.2) is 40.2 Å². The predicted molar refractivity (Wildman–Crippen MR) is 185 cm³/mol. The van der Waals surface area contributed by atoms with Crippen LogP contribution in [0.25, 0.3) is 0 Å². The van der Waals surface area contributed by atoms with Crippen molar-refractivity contribution in [2.75, 3.05) is 21.3 Å². The zero-order valence-electron chi connectivity index (χ0n) is 26.3. The van der Waals surface area contributed by atoms with Crippen molar-refractivity contribution >= 4 is 98.8 Å². The fourth-order valence-corrected chi connectivity index (χ4v) is 4.59. The van der Waals surface area contributed by atoms with Crippen LogP contribution in [0.2, 0.25) is 20.1 Å². The standard InChI is InChI=1S/C17H14Cl2N2O4.C15H12Cl2N2O3.Li.H2O/c1-9(22)20-12-4-5-15(14(19)8-12)21-17(24)13-7-11(18)3-6-16(13)25-10(2)23;1-8(20)18-10-3-4-13(12(17)7-10)19-15(22)11-6-9(16)2-5-14(11)21;;/h3-8H,1-2H3,(H,20,22)(H,21,24);2-7,21H,1H3,(H,18,20)(H,19,22);;1H2/q;;+1;/p-1. The normalized spacial score (nSPS) is 9.69. The van der Waals surface area contributed by atoms with E-state index in [0.717, 1.165) is 0 Å². The van der Waals surface area contributed by atoms with Gasteiger partial charge in [0.25, 0.3) is 11.8 Å². The van der Waals surface area contributed by atoms with E-state index in [1.165, 1.54) is 69.3 Å². The van der Waals surface area contributed by atoms with Gasteiger partial charge < -0.3 is 36.6 Å². The Balaban J connectivity index is 0.000000474. The first-order valence-electron chi connectivity index (χ1n) is 13.4. The number of nitrogens with one attached hydrogen (secondary N) is 4. The van der Waals surface area contributed by atoms with E-state index in [9.17, 15) is 29.1 Å². The minimum absolute atomic E-state index is 0. The Morgan fingerprint density at radius 2 is 1.02 bits per heavy atom. The van der Waals surface area contributed by atoms with Gasteiger partial charge in [0, 0.05) is 42.2 Å². The van der Waals surface area contributed by atoms with Gasteiger partial charge in [-0.05, 0) is 72.8 Å². The average molecular weight is 744 g/mol. The molecular weight excluding hydrogens is 717 g/mol. The summed E-state index contributed by atoms with van der Waals surface area (Å²) in [6, 6.07) is 17.8. The molecule has 0 atom stereocenters. The van der Waals surface area contributed by atoms with E-state index in [2.05, 4.69) is 21.3 Å². The molecule has 0 aliphatic carbocycles. The molecule has 4 aromatic carbocycles. The van der Waals surface area contributed by atoms with Gasteiger partial charge in [-0.3, -0.25) is 24.0 Å². The fourth-order valence-electron chi connectivity index (χ4n) is 3.79. The van der Waals surface area contributed by atoms with Crippen molar-refractivity contribution in [1.29, 1.82) is 0 Å². The summed E-state index contributed by atoms with van der Waals surface area (Å²) < 4.78 is 5.01. The minimum Gasteiger partial charge on any atom is -0.870 e. The molecule has 0 fully saturated rings. The molecule has 0 heterocycles. The number of anilines is 4. The second kappa shape index (κ2) is 19.7. The zero-order valence-corrected chi connectivity index (χ0v) is 29.3. The molecule has 6 N–H and O–H groups in total. The van der Waals surface area contributed by atoms with Gasteiger partial charge in [0.2, 0.25) is 11.8 Å².